The minimum Gasteiger partial charge on any atom is -0.406 e. The second-order valence-corrected chi connectivity index (χ2v) is 9.77. The molecule has 192 valence electrons. The lowest BCUT2D eigenvalue weighted by Crippen LogP contribution is -2.17. The Labute approximate surface area is 207 Å². The van der Waals surface area contributed by atoms with E-state index in [-0.39, 0.29) is 27.5 Å². The summed E-state index contributed by atoms with van der Waals surface area (Å²) in [6.07, 6.45) is -2.55. The van der Waals surface area contributed by atoms with Gasteiger partial charge in [0.2, 0.25) is 0 Å². The van der Waals surface area contributed by atoms with Crippen LogP contribution in [0.5, 0.6) is 5.75 Å². The van der Waals surface area contributed by atoms with Gasteiger partial charge in [-0.05, 0) is 48.5 Å². The molecule has 0 spiro atoms. The van der Waals surface area contributed by atoms with Crippen LogP contribution >= 0.6 is 0 Å². The number of anilines is 1. The summed E-state index contributed by atoms with van der Waals surface area (Å²) in [5, 5.41) is 6.78. The van der Waals surface area contributed by atoms with E-state index in [1.54, 1.807) is 0 Å². The van der Waals surface area contributed by atoms with Gasteiger partial charge in [-0.15, -0.1) is 13.2 Å². The number of aromatic nitrogens is 2. The highest BCUT2D eigenvalue weighted by Gasteiger charge is 2.31. The highest BCUT2D eigenvalue weighted by atomic mass is 32.2. The summed E-state index contributed by atoms with van der Waals surface area (Å²) in [6, 6.07) is 13.0. The molecule has 0 unspecified atom stereocenters. The molecule has 0 fully saturated rings. The molecule has 7 nitrogen and oxygen atoms in total. The molecule has 0 radical (unpaired) electrons. The van der Waals surface area contributed by atoms with Gasteiger partial charge in [0.1, 0.15) is 11.4 Å². The lowest BCUT2D eigenvalue weighted by Gasteiger charge is -2.09. The van der Waals surface area contributed by atoms with Crippen molar-refractivity contribution in [3.63, 3.8) is 0 Å². The summed E-state index contributed by atoms with van der Waals surface area (Å²) in [7, 11) is -3.49. The van der Waals surface area contributed by atoms with Crippen LogP contribution in [0.4, 0.5) is 27.6 Å². The Bertz CT molecular complexity index is 1570. The number of nitrogens with one attached hydrogen (secondary N) is 1. The van der Waals surface area contributed by atoms with Crippen molar-refractivity contribution in [2.75, 3.05) is 11.6 Å². The first-order valence-electron chi connectivity index (χ1n) is 10.3. The zero-order chi connectivity index (χ0) is 27.0. The predicted molar refractivity (Wildman–Crippen MR) is 123 cm³/mol. The molecule has 0 saturated heterocycles. The predicted octanol–water partition coefficient (Wildman–Crippen LogP) is 5.37. The molecule has 0 aliphatic rings. The van der Waals surface area contributed by atoms with E-state index in [0.29, 0.717) is 5.56 Å². The second-order valence-electron chi connectivity index (χ2n) is 7.76. The second kappa shape index (κ2) is 9.65. The molecule has 37 heavy (non-hydrogen) atoms. The van der Waals surface area contributed by atoms with Crippen LogP contribution in [0.15, 0.2) is 77.8 Å². The number of amides is 1. The van der Waals surface area contributed by atoms with Crippen LogP contribution in [0.25, 0.3) is 16.9 Å². The Morgan fingerprint density at radius 1 is 0.946 bits per heavy atom. The lowest BCUT2D eigenvalue weighted by molar-refractivity contribution is -0.274. The zero-order valence-corrected chi connectivity index (χ0v) is 19.6. The van der Waals surface area contributed by atoms with Crippen molar-refractivity contribution in [2.24, 2.45) is 0 Å². The number of rotatable bonds is 6. The normalized spacial score (nSPS) is 11.8. The number of carbonyl (C=O) groups excluding carboxylic acids is 1. The van der Waals surface area contributed by atoms with Gasteiger partial charge in [-0.25, -0.2) is 21.9 Å². The van der Waals surface area contributed by atoms with Gasteiger partial charge in [-0.1, -0.05) is 12.1 Å². The summed E-state index contributed by atoms with van der Waals surface area (Å²) in [6.45, 7) is 0. The Balaban J connectivity index is 1.74. The van der Waals surface area contributed by atoms with Crippen molar-refractivity contribution >= 4 is 21.4 Å². The maximum absolute atomic E-state index is 13.6. The van der Waals surface area contributed by atoms with Gasteiger partial charge < -0.3 is 10.1 Å². The van der Waals surface area contributed by atoms with Crippen molar-refractivity contribution in [2.45, 2.75) is 11.3 Å². The average molecular weight is 537 g/mol. The maximum atomic E-state index is 13.6. The molecule has 0 saturated carbocycles. The van der Waals surface area contributed by atoms with E-state index in [1.165, 1.54) is 47.3 Å². The monoisotopic (exact) mass is 537 g/mol. The van der Waals surface area contributed by atoms with E-state index in [9.17, 15) is 35.2 Å². The summed E-state index contributed by atoms with van der Waals surface area (Å²) in [5.74, 6) is -3.49. The summed E-state index contributed by atoms with van der Waals surface area (Å²) in [4.78, 5) is 13.1. The van der Waals surface area contributed by atoms with Crippen molar-refractivity contribution < 1.29 is 39.9 Å². The van der Waals surface area contributed by atoms with Gasteiger partial charge in [0.15, 0.2) is 21.5 Å². The number of carbonyl (C=O) groups is 1. The highest BCUT2D eigenvalue weighted by molar-refractivity contribution is 7.90. The van der Waals surface area contributed by atoms with Crippen LogP contribution in [0.2, 0.25) is 0 Å². The third-order valence-corrected chi connectivity index (χ3v) is 6.16. The van der Waals surface area contributed by atoms with E-state index in [2.05, 4.69) is 15.2 Å². The zero-order valence-electron chi connectivity index (χ0n) is 18.8. The molecule has 13 heteroatoms. The fraction of sp³-hybridized carbons (Fsp3) is 0.0833. The van der Waals surface area contributed by atoms with Crippen LogP contribution in [-0.4, -0.2) is 36.7 Å². The van der Waals surface area contributed by atoms with E-state index < -0.39 is 39.5 Å². The summed E-state index contributed by atoms with van der Waals surface area (Å²) in [5.41, 5.74) is 0.640. The minimum absolute atomic E-state index is 0.0312. The lowest BCUT2D eigenvalue weighted by atomic mass is 10.1. The number of nitrogens with zero attached hydrogens (tertiary/aromatic N) is 2. The third kappa shape index (κ3) is 6.12. The summed E-state index contributed by atoms with van der Waals surface area (Å²) < 4.78 is 92.9. The van der Waals surface area contributed by atoms with E-state index in [0.717, 1.165) is 36.6 Å². The fourth-order valence-electron chi connectivity index (χ4n) is 3.32. The maximum Gasteiger partial charge on any atom is 0.573 e. The number of alkyl halides is 3. The number of benzene rings is 3. The quantitative estimate of drug-likeness (QED) is 0.334. The van der Waals surface area contributed by atoms with E-state index in [1.807, 2.05) is 0 Å². The van der Waals surface area contributed by atoms with Crippen LogP contribution in [0.3, 0.4) is 0 Å². The topological polar surface area (TPSA) is 90.3 Å². The number of hydrogen-bond donors (Lipinski definition) is 1. The third-order valence-electron chi connectivity index (χ3n) is 5.03. The molecule has 4 rings (SSSR count). The van der Waals surface area contributed by atoms with Crippen LogP contribution in [-0.2, 0) is 9.84 Å². The first-order chi connectivity index (χ1) is 17.3. The SMILES string of the molecule is CS(=O)(=O)c1ccc(-c2nn(-c3ccc(OC(F)(F)F)cc3)cc2C(=O)Nc2ccc(F)c(F)c2)cc1. The number of halogens is 5. The molecule has 0 bridgehead atoms. The molecule has 0 aliphatic heterocycles. The Morgan fingerprint density at radius 3 is 2.16 bits per heavy atom. The molecule has 1 aromatic heterocycles. The molecular formula is C24H16F5N3O4S. The van der Waals surface area contributed by atoms with Gasteiger partial charge in [-0.3, -0.25) is 4.79 Å². The van der Waals surface area contributed by atoms with Gasteiger partial charge in [0.05, 0.1) is 16.1 Å². The van der Waals surface area contributed by atoms with E-state index in [4.69, 9.17) is 0 Å². The molecule has 3 aromatic carbocycles. The number of sulfone groups is 1. The van der Waals surface area contributed by atoms with Crippen molar-refractivity contribution in [1.29, 1.82) is 0 Å². The van der Waals surface area contributed by atoms with Gasteiger partial charge >= 0.3 is 6.36 Å². The fourth-order valence-corrected chi connectivity index (χ4v) is 3.95. The first kappa shape index (κ1) is 25.8. The first-order valence-corrected chi connectivity index (χ1v) is 12.2. The molecule has 1 N–H and O–H groups in total. The summed E-state index contributed by atoms with van der Waals surface area (Å²) >= 11 is 0. The van der Waals surface area contributed by atoms with Crippen LogP contribution in [0, 0.1) is 11.6 Å². The Kier molecular flexibility index (Phi) is 6.74. The smallest absolute Gasteiger partial charge is 0.406 e. The number of hydrogen-bond acceptors (Lipinski definition) is 5. The highest BCUT2D eigenvalue weighted by Crippen LogP contribution is 2.28. The largest absolute Gasteiger partial charge is 0.573 e. The van der Waals surface area contributed by atoms with Crippen LogP contribution < -0.4 is 10.1 Å². The standard InChI is InChI=1S/C24H16F5N3O4S/c1-37(34,35)18-9-2-14(3-10-18)22-19(23(33)30-15-4-11-20(25)21(26)12-15)13-32(31-22)16-5-7-17(8-6-16)36-24(27,28)29/h2-13H,1H3,(H,30,33). The van der Waals surface area contributed by atoms with E-state index >= 15 is 0 Å². The minimum atomic E-state index is -4.87. The number of ether oxygens (including phenoxy) is 1. The molecular weight excluding hydrogens is 521 g/mol. The molecule has 1 heterocycles. The molecule has 1 amide bonds. The molecule has 4 aromatic rings. The van der Waals surface area contributed by atoms with Gasteiger partial charge in [0.25, 0.3) is 5.91 Å². The van der Waals surface area contributed by atoms with Gasteiger partial charge in [-0.2, -0.15) is 5.10 Å². The van der Waals surface area contributed by atoms with Crippen molar-refractivity contribution in [3.8, 4) is 22.7 Å². The van der Waals surface area contributed by atoms with Gasteiger partial charge in [0, 0.05) is 29.8 Å². The Morgan fingerprint density at radius 2 is 1.59 bits per heavy atom. The Hall–Kier alpha value is -4.26. The van der Waals surface area contributed by atoms with Crippen LogP contribution in [0.1, 0.15) is 10.4 Å². The van der Waals surface area contributed by atoms with Crippen molar-refractivity contribution in [3.05, 3.63) is 90.1 Å². The van der Waals surface area contributed by atoms with Crippen molar-refractivity contribution in [1.82, 2.24) is 9.78 Å². The average Bonchev–Trinajstić information content (AvgIpc) is 3.26. The molecule has 0 atom stereocenters. The molecule has 0 aliphatic carbocycles.